The van der Waals surface area contributed by atoms with Gasteiger partial charge >= 0.3 is 0 Å². The molecule has 3 aromatic carbocycles. The summed E-state index contributed by atoms with van der Waals surface area (Å²) >= 11 is 0. The molecule has 0 aromatic heterocycles. The van der Waals surface area contributed by atoms with Gasteiger partial charge in [-0.1, -0.05) is 67.6 Å². The molecule has 3 rings (SSSR count). The molecule has 0 heterocycles. The van der Waals surface area contributed by atoms with Gasteiger partial charge in [-0.2, -0.15) is 0 Å². The first-order valence-electron chi connectivity index (χ1n) is 10.6. The van der Waals surface area contributed by atoms with Gasteiger partial charge in [-0.25, -0.2) is 8.42 Å². The standard InChI is InChI=1S/C25H28N2O4S/c1-3-22(20-13-7-5-8-14-20)26-25(28)19-27(23-17-11-12-18-24(23)31-4-2)32(29,30)21-15-9-6-10-16-21/h5-18,22H,3-4,19H2,1-2H3,(H,26,28)/t22-/m0/s1. The van der Waals surface area contributed by atoms with E-state index in [1.54, 1.807) is 42.5 Å². The van der Waals surface area contributed by atoms with Crippen molar-refractivity contribution in [2.45, 2.75) is 31.2 Å². The molecule has 6 nitrogen and oxygen atoms in total. The zero-order valence-corrected chi connectivity index (χ0v) is 19.1. The van der Waals surface area contributed by atoms with E-state index < -0.39 is 15.9 Å². The van der Waals surface area contributed by atoms with Crippen molar-refractivity contribution >= 4 is 21.6 Å². The number of nitrogens with one attached hydrogen (secondary N) is 1. The van der Waals surface area contributed by atoms with Crippen LogP contribution in [0.4, 0.5) is 5.69 Å². The van der Waals surface area contributed by atoms with Gasteiger partial charge in [0, 0.05) is 0 Å². The summed E-state index contributed by atoms with van der Waals surface area (Å²) in [5.41, 5.74) is 1.29. The maximum absolute atomic E-state index is 13.5. The van der Waals surface area contributed by atoms with E-state index in [0.717, 1.165) is 9.87 Å². The topological polar surface area (TPSA) is 75.7 Å². The average Bonchev–Trinajstić information content (AvgIpc) is 2.83. The molecule has 0 saturated carbocycles. The fourth-order valence-corrected chi connectivity index (χ4v) is 4.89. The summed E-state index contributed by atoms with van der Waals surface area (Å²) < 4.78 is 33.9. The molecule has 0 fully saturated rings. The Hall–Kier alpha value is -3.32. The molecule has 0 spiro atoms. The Kier molecular flexibility index (Phi) is 7.89. The van der Waals surface area contributed by atoms with Crippen LogP contribution in [-0.4, -0.2) is 27.5 Å². The van der Waals surface area contributed by atoms with Gasteiger partial charge in [0.1, 0.15) is 12.3 Å². The van der Waals surface area contributed by atoms with Crippen LogP contribution in [0.25, 0.3) is 0 Å². The SMILES string of the molecule is CCOc1ccccc1N(CC(=O)N[C@@H](CC)c1ccccc1)S(=O)(=O)c1ccccc1. The van der Waals surface area contributed by atoms with Crippen LogP contribution >= 0.6 is 0 Å². The van der Waals surface area contributed by atoms with Gasteiger partial charge in [0.25, 0.3) is 10.0 Å². The number of nitrogens with zero attached hydrogens (tertiary/aromatic N) is 1. The van der Waals surface area contributed by atoms with Crippen LogP contribution in [-0.2, 0) is 14.8 Å². The molecule has 1 amide bonds. The number of para-hydroxylation sites is 2. The van der Waals surface area contributed by atoms with E-state index in [1.165, 1.54) is 12.1 Å². The summed E-state index contributed by atoms with van der Waals surface area (Å²) in [4.78, 5) is 13.2. The van der Waals surface area contributed by atoms with Crippen molar-refractivity contribution in [2.75, 3.05) is 17.5 Å². The molecule has 3 aromatic rings. The van der Waals surface area contributed by atoms with E-state index in [4.69, 9.17) is 4.74 Å². The van der Waals surface area contributed by atoms with E-state index in [0.29, 0.717) is 24.5 Å². The van der Waals surface area contributed by atoms with Crippen molar-refractivity contribution in [3.8, 4) is 5.75 Å². The summed E-state index contributed by atoms with van der Waals surface area (Å²) in [7, 11) is -4.00. The second-order valence-electron chi connectivity index (χ2n) is 7.16. The van der Waals surface area contributed by atoms with Gasteiger partial charge in [-0.15, -0.1) is 0 Å². The van der Waals surface area contributed by atoms with Crippen LogP contribution in [0.3, 0.4) is 0 Å². The van der Waals surface area contributed by atoms with Crippen LogP contribution in [0.5, 0.6) is 5.75 Å². The third kappa shape index (κ3) is 5.48. The maximum Gasteiger partial charge on any atom is 0.264 e. The summed E-state index contributed by atoms with van der Waals surface area (Å²) in [5, 5.41) is 2.97. The minimum Gasteiger partial charge on any atom is -0.492 e. The number of anilines is 1. The average molecular weight is 453 g/mol. The van der Waals surface area contributed by atoms with Gasteiger partial charge in [-0.05, 0) is 43.2 Å². The van der Waals surface area contributed by atoms with Crippen molar-refractivity contribution in [2.24, 2.45) is 0 Å². The fourth-order valence-electron chi connectivity index (χ4n) is 3.44. The van der Waals surface area contributed by atoms with E-state index in [2.05, 4.69) is 5.32 Å². The normalized spacial score (nSPS) is 12.1. The number of sulfonamides is 1. The number of ether oxygens (including phenoxy) is 1. The molecule has 7 heteroatoms. The molecule has 0 bridgehead atoms. The van der Waals surface area contributed by atoms with Gasteiger partial charge < -0.3 is 10.1 Å². The third-order valence-corrected chi connectivity index (χ3v) is 6.77. The first kappa shape index (κ1) is 23.3. The second kappa shape index (κ2) is 10.8. The molecule has 1 N–H and O–H groups in total. The predicted molar refractivity (Wildman–Crippen MR) is 126 cm³/mol. The molecule has 1 atom stereocenters. The maximum atomic E-state index is 13.5. The minimum absolute atomic E-state index is 0.106. The number of benzene rings is 3. The highest BCUT2D eigenvalue weighted by Gasteiger charge is 2.29. The summed E-state index contributed by atoms with van der Waals surface area (Å²) in [6, 6.07) is 24.3. The minimum atomic E-state index is -4.00. The van der Waals surface area contributed by atoms with E-state index in [9.17, 15) is 13.2 Å². The Bertz CT molecular complexity index is 1120. The third-order valence-electron chi connectivity index (χ3n) is 5.00. The van der Waals surface area contributed by atoms with Gasteiger partial charge in [0.15, 0.2) is 0 Å². The van der Waals surface area contributed by atoms with Crippen LogP contribution in [0.15, 0.2) is 89.8 Å². The van der Waals surface area contributed by atoms with Gasteiger partial charge in [0.05, 0.1) is 23.2 Å². The van der Waals surface area contributed by atoms with Crippen molar-refractivity contribution in [1.82, 2.24) is 5.32 Å². The number of hydrogen-bond acceptors (Lipinski definition) is 4. The number of carbonyl (C=O) groups is 1. The smallest absolute Gasteiger partial charge is 0.264 e. The second-order valence-corrected chi connectivity index (χ2v) is 9.03. The Morgan fingerprint density at radius 2 is 1.50 bits per heavy atom. The molecule has 0 aliphatic heterocycles. The van der Waals surface area contributed by atoms with Crippen LogP contribution in [0.1, 0.15) is 31.9 Å². The summed E-state index contributed by atoms with van der Waals surface area (Å²) in [5.74, 6) is 0.00363. The molecular weight excluding hydrogens is 424 g/mol. The Morgan fingerprint density at radius 1 is 0.906 bits per heavy atom. The molecule has 0 unspecified atom stereocenters. The predicted octanol–water partition coefficient (Wildman–Crippen LogP) is 4.55. The first-order valence-corrected chi connectivity index (χ1v) is 12.0. The highest BCUT2D eigenvalue weighted by molar-refractivity contribution is 7.92. The van der Waals surface area contributed by atoms with E-state index >= 15 is 0 Å². The number of carbonyl (C=O) groups excluding carboxylic acids is 1. The van der Waals surface area contributed by atoms with E-state index in [1.807, 2.05) is 44.2 Å². The Balaban J connectivity index is 1.95. The quantitative estimate of drug-likeness (QED) is 0.490. The Morgan fingerprint density at radius 3 is 2.12 bits per heavy atom. The summed E-state index contributed by atoms with van der Waals surface area (Å²) in [6.07, 6.45) is 0.677. The highest BCUT2D eigenvalue weighted by atomic mass is 32.2. The lowest BCUT2D eigenvalue weighted by Crippen LogP contribution is -2.42. The molecule has 0 saturated heterocycles. The molecular formula is C25H28N2O4S. The van der Waals surface area contributed by atoms with Gasteiger partial charge in [0.2, 0.25) is 5.91 Å². The monoisotopic (exact) mass is 452 g/mol. The zero-order valence-electron chi connectivity index (χ0n) is 18.3. The van der Waals surface area contributed by atoms with Crippen molar-refractivity contribution in [3.05, 3.63) is 90.5 Å². The molecule has 0 radical (unpaired) electrons. The van der Waals surface area contributed by atoms with Crippen molar-refractivity contribution in [3.63, 3.8) is 0 Å². The van der Waals surface area contributed by atoms with E-state index in [-0.39, 0.29) is 17.5 Å². The lowest BCUT2D eigenvalue weighted by atomic mass is 10.0. The lowest BCUT2D eigenvalue weighted by Gasteiger charge is -2.27. The highest BCUT2D eigenvalue weighted by Crippen LogP contribution is 2.32. The lowest BCUT2D eigenvalue weighted by molar-refractivity contribution is -0.120. The largest absolute Gasteiger partial charge is 0.492 e. The number of hydrogen-bond donors (Lipinski definition) is 1. The molecule has 168 valence electrons. The molecule has 0 aliphatic rings. The number of amides is 1. The fraction of sp³-hybridized carbons (Fsp3) is 0.240. The van der Waals surface area contributed by atoms with Crippen molar-refractivity contribution in [1.29, 1.82) is 0 Å². The molecule has 32 heavy (non-hydrogen) atoms. The Labute approximate surface area is 189 Å². The zero-order chi connectivity index (χ0) is 23.0. The summed E-state index contributed by atoms with van der Waals surface area (Å²) in [6.45, 7) is 3.80. The van der Waals surface area contributed by atoms with Crippen LogP contribution in [0, 0.1) is 0 Å². The molecule has 0 aliphatic carbocycles. The first-order chi connectivity index (χ1) is 15.5. The van der Waals surface area contributed by atoms with Crippen LogP contribution < -0.4 is 14.4 Å². The number of rotatable bonds is 10. The van der Waals surface area contributed by atoms with Gasteiger partial charge in [-0.3, -0.25) is 9.10 Å². The van der Waals surface area contributed by atoms with Crippen molar-refractivity contribution < 1.29 is 17.9 Å². The van der Waals surface area contributed by atoms with Crippen LogP contribution in [0.2, 0.25) is 0 Å².